The molecule has 0 fully saturated rings. The van der Waals surface area contributed by atoms with Crippen LogP contribution in [0.25, 0.3) is 54.6 Å². The van der Waals surface area contributed by atoms with E-state index < -0.39 is 0 Å². The van der Waals surface area contributed by atoms with Gasteiger partial charge in [0.2, 0.25) is 0 Å². The molecule has 8 rings (SSSR count). The van der Waals surface area contributed by atoms with Crippen molar-refractivity contribution in [3.05, 3.63) is 133 Å². The van der Waals surface area contributed by atoms with Crippen molar-refractivity contribution in [2.75, 3.05) is 0 Å². The summed E-state index contributed by atoms with van der Waals surface area (Å²) >= 11 is 0. The number of hydrogen-bond donors (Lipinski definition) is 0. The maximum atomic E-state index is 6.15. The number of para-hydroxylation sites is 2. The van der Waals surface area contributed by atoms with Crippen molar-refractivity contribution in [3.63, 3.8) is 0 Å². The number of hydrogen-bond acceptors (Lipinski definition) is 2. The van der Waals surface area contributed by atoms with E-state index in [0.29, 0.717) is 0 Å². The van der Waals surface area contributed by atoms with Crippen LogP contribution in [-0.2, 0) is 0 Å². The molecular weight excluding hydrogens is 464 g/mol. The van der Waals surface area contributed by atoms with Crippen molar-refractivity contribution in [1.29, 1.82) is 0 Å². The number of benzene rings is 7. The quantitative estimate of drug-likeness (QED) is 0.226. The van der Waals surface area contributed by atoms with E-state index in [9.17, 15) is 0 Å². The molecule has 178 valence electrons. The molecule has 0 spiro atoms. The summed E-state index contributed by atoms with van der Waals surface area (Å²) in [6.07, 6.45) is 0. The second kappa shape index (κ2) is 8.22. The van der Waals surface area contributed by atoms with Gasteiger partial charge in [-0.15, -0.1) is 0 Å². The van der Waals surface area contributed by atoms with Gasteiger partial charge in [-0.25, -0.2) is 0 Å². The summed E-state index contributed by atoms with van der Waals surface area (Å²) in [5.41, 5.74) is 4.61. The molecule has 0 bridgehead atoms. The highest BCUT2D eigenvalue weighted by Gasteiger charge is 2.19. The SMILES string of the molecule is c1cc(-c2ccc3c(c2)Oc2ccccc2O3)cc(-c2ccc3c4ccccc4c4ccccc4c3c2)c1. The molecule has 2 heteroatoms. The van der Waals surface area contributed by atoms with E-state index in [4.69, 9.17) is 9.47 Å². The van der Waals surface area contributed by atoms with Crippen LogP contribution < -0.4 is 9.47 Å². The smallest absolute Gasteiger partial charge is 0.170 e. The lowest BCUT2D eigenvalue weighted by atomic mass is 9.91. The van der Waals surface area contributed by atoms with Gasteiger partial charge in [0, 0.05) is 0 Å². The van der Waals surface area contributed by atoms with Gasteiger partial charge in [-0.3, -0.25) is 0 Å². The van der Waals surface area contributed by atoms with E-state index in [1.54, 1.807) is 0 Å². The van der Waals surface area contributed by atoms with Crippen molar-refractivity contribution in [2.24, 2.45) is 0 Å². The molecule has 0 unspecified atom stereocenters. The predicted molar refractivity (Wildman–Crippen MR) is 156 cm³/mol. The van der Waals surface area contributed by atoms with Crippen LogP contribution in [0, 0.1) is 0 Å². The molecule has 7 aromatic carbocycles. The Labute approximate surface area is 220 Å². The monoisotopic (exact) mass is 486 g/mol. The molecule has 0 N–H and O–H groups in total. The third-order valence-corrected chi connectivity index (χ3v) is 7.51. The fourth-order valence-electron chi connectivity index (χ4n) is 5.67. The molecule has 2 nitrogen and oxygen atoms in total. The Morgan fingerprint density at radius 3 is 1.37 bits per heavy atom. The van der Waals surface area contributed by atoms with Crippen molar-refractivity contribution in [3.8, 4) is 45.3 Å². The third kappa shape index (κ3) is 3.28. The Morgan fingerprint density at radius 1 is 0.263 bits per heavy atom. The molecule has 1 aliphatic heterocycles. The van der Waals surface area contributed by atoms with Crippen molar-refractivity contribution < 1.29 is 9.47 Å². The van der Waals surface area contributed by atoms with Crippen LogP contribution >= 0.6 is 0 Å². The normalized spacial score (nSPS) is 12.1. The summed E-state index contributed by atoms with van der Waals surface area (Å²) in [6.45, 7) is 0. The molecule has 0 aliphatic carbocycles. The van der Waals surface area contributed by atoms with Gasteiger partial charge in [-0.1, -0.05) is 97.1 Å². The lowest BCUT2D eigenvalue weighted by molar-refractivity contribution is 0.360. The van der Waals surface area contributed by atoms with Gasteiger partial charge in [-0.05, 0) is 91.0 Å². The first-order valence-corrected chi connectivity index (χ1v) is 12.8. The highest BCUT2D eigenvalue weighted by Crippen LogP contribution is 2.46. The first kappa shape index (κ1) is 21.0. The molecule has 38 heavy (non-hydrogen) atoms. The van der Waals surface area contributed by atoms with Gasteiger partial charge in [0.05, 0.1) is 0 Å². The molecule has 1 heterocycles. The second-order valence-electron chi connectivity index (χ2n) is 9.74. The fraction of sp³-hybridized carbons (Fsp3) is 0. The molecule has 0 atom stereocenters. The molecule has 0 saturated heterocycles. The molecule has 1 aliphatic rings. The highest BCUT2D eigenvalue weighted by atomic mass is 16.6. The first-order chi connectivity index (χ1) is 18.8. The minimum absolute atomic E-state index is 0.732. The van der Waals surface area contributed by atoms with Gasteiger partial charge in [0.1, 0.15) is 0 Å². The molecular formula is C36H22O2. The topological polar surface area (TPSA) is 18.5 Å². The molecule has 0 aromatic heterocycles. The Morgan fingerprint density at radius 2 is 0.711 bits per heavy atom. The van der Waals surface area contributed by atoms with E-state index in [2.05, 4.69) is 103 Å². The van der Waals surface area contributed by atoms with Gasteiger partial charge < -0.3 is 9.47 Å². The van der Waals surface area contributed by atoms with Crippen LogP contribution in [0.15, 0.2) is 133 Å². The van der Waals surface area contributed by atoms with Crippen LogP contribution in [0.2, 0.25) is 0 Å². The van der Waals surface area contributed by atoms with Crippen molar-refractivity contribution in [2.45, 2.75) is 0 Å². The molecule has 0 saturated carbocycles. The lowest BCUT2D eigenvalue weighted by Gasteiger charge is -2.21. The van der Waals surface area contributed by atoms with Gasteiger partial charge >= 0.3 is 0 Å². The lowest BCUT2D eigenvalue weighted by Crippen LogP contribution is -1.98. The number of fused-ring (bicyclic) bond motifs is 8. The maximum absolute atomic E-state index is 6.15. The largest absolute Gasteiger partial charge is 0.450 e. The Hall–Kier alpha value is -5.08. The van der Waals surface area contributed by atoms with Gasteiger partial charge in [-0.2, -0.15) is 0 Å². The summed E-state index contributed by atoms with van der Waals surface area (Å²) in [5, 5.41) is 7.73. The highest BCUT2D eigenvalue weighted by molar-refractivity contribution is 6.25. The standard InChI is InChI=1S/C36H22O2/c1-2-12-29-27(10-1)28-11-3-4-13-30(28)32-21-25(16-18-31(29)32)23-8-7-9-24(20-23)26-17-19-35-36(22-26)38-34-15-6-5-14-33(34)37-35/h1-22H. The summed E-state index contributed by atoms with van der Waals surface area (Å²) in [4.78, 5) is 0. The first-order valence-electron chi connectivity index (χ1n) is 12.8. The Bertz CT molecular complexity index is 2000. The summed E-state index contributed by atoms with van der Waals surface area (Å²) in [6, 6.07) is 46.9. The van der Waals surface area contributed by atoms with Crippen LogP contribution in [0.5, 0.6) is 23.0 Å². The zero-order valence-electron chi connectivity index (χ0n) is 20.5. The van der Waals surface area contributed by atoms with E-state index in [1.165, 1.54) is 43.4 Å². The van der Waals surface area contributed by atoms with Crippen LogP contribution in [0.4, 0.5) is 0 Å². The van der Waals surface area contributed by atoms with Gasteiger partial charge in [0.15, 0.2) is 23.0 Å². The van der Waals surface area contributed by atoms with Crippen LogP contribution in [0.1, 0.15) is 0 Å². The van der Waals surface area contributed by atoms with Crippen molar-refractivity contribution >= 4 is 32.3 Å². The number of rotatable bonds is 2. The summed E-state index contributed by atoms with van der Waals surface area (Å²) in [5.74, 6) is 2.95. The van der Waals surface area contributed by atoms with E-state index in [1.807, 2.05) is 30.3 Å². The van der Waals surface area contributed by atoms with E-state index in [0.717, 1.165) is 34.1 Å². The van der Waals surface area contributed by atoms with Gasteiger partial charge in [0.25, 0.3) is 0 Å². The van der Waals surface area contributed by atoms with Crippen LogP contribution in [-0.4, -0.2) is 0 Å². The summed E-state index contributed by atoms with van der Waals surface area (Å²) in [7, 11) is 0. The minimum Gasteiger partial charge on any atom is -0.450 e. The average Bonchev–Trinajstić information content (AvgIpc) is 2.99. The molecule has 0 radical (unpaired) electrons. The summed E-state index contributed by atoms with van der Waals surface area (Å²) < 4.78 is 12.2. The third-order valence-electron chi connectivity index (χ3n) is 7.51. The maximum Gasteiger partial charge on any atom is 0.170 e. The Kier molecular flexibility index (Phi) is 4.55. The fourth-order valence-corrected chi connectivity index (χ4v) is 5.67. The van der Waals surface area contributed by atoms with E-state index in [-0.39, 0.29) is 0 Å². The molecule has 7 aromatic rings. The molecule has 0 amide bonds. The van der Waals surface area contributed by atoms with E-state index >= 15 is 0 Å². The zero-order chi connectivity index (χ0) is 25.1. The van der Waals surface area contributed by atoms with Crippen LogP contribution in [0.3, 0.4) is 0 Å². The minimum atomic E-state index is 0.732. The Balaban J connectivity index is 1.24. The second-order valence-corrected chi connectivity index (χ2v) is 9.74. The average molecular weight is 487 g/mol. The zero-order valence-corrected chi connectivity index (χ0v) is 20.5. The number of ether oxygens (including phenoxy) is 2. The van der Waals surface area contributed by atoms with Crippen molar-refractivity contribution in [1.82, 2.24) is 0 Å². The predicted octanol–water partition coefficient (Wildman–Crippen LogP) is 10.4.